The molecule has 3 aromatic heterocycles. The van der Waals surface area contributed by atoms with Crippen LogP contribution in [0.4, 0.5) is 5.69 Å². The summed E-state index contributed by atoms with van der Waals surface area (Å²) in [6, 6.07) is 11.1. The highest BCUT2D eigenvalue weighted by molar-refractivity contribution is 7.13. The molecule has 1 amide bonds. The van der Waals surface area contributed by atoms with E-state index in [4.69, 9.17) is 0 Å². The van der Waals surface area contributed by atoms with Crippen LogP contribution in [-0.4, -0.2) is 25.8 Å². The third kappa shape index (κ3) is 4.49. The SMILES string of the molecule is Cc1nc(-c2ccncc2)[nH]c(=O)c1CCC(=O)Nc1ccc(-c2nccs2)cc1. The lowest BCUT2D eigenvalue weighted by Crippen LogP contribution is -2.20. The van der Waals surface area contributed by atoms with Crippen LogP contribution in [0.1, 0.15) is 17.7 Å². The number of aryl methyl sites for hydroxylation is 1. The smallest absolute Gasteiger partial charge is 0.254 e. The van der Waals surface area contributed by atoms with Gasteiger partial charge in [-0.3, -0.25) is 14.6 Å². The van der Waals surface area contributed by atoms with Crippen LogP contribution in [0.5, 0.6) is 0 Å². The number of nitrogens with one attached hydrogen (secondary N) is 2. The van der Waals surface area contributed by atoms with Gasteiger partial charge >= 0.3 is 0 Å². The van der Waals surface area contributed by atoms with Crippen LogP contribution >= 0.6 is 11.3 Å². The van der Waals surface area contributed by atoms with Crippen LogP contribution in [-0.2, 0) is 11.2 Å². The summed E-state index contributed by atoms with van der Waals surface area (Å²) in [5.74, 6) is 0.336. The first-order valence-corrected chi connectivity index (χ1v) is 10.3. The summed E-state index contributed by atoms with van der Waals surface area (Å²) < 4.78 is 0. The fourth-order valence-corrected chi connectivity index (χ4v) is 3.72. The van der Waals surface area contributed by atoms with Crippen molar-refractivity contribution in [3.05, 3.63) is 82.0 Å². The molecule has 0 bridgehead atoms. The Labute approximate surface area is 176 Å². The molecule has 30 heavy (non-hydrogen) atoms. The van der Waals surface area contributed by atoms with Gasteiger partial charge < -0.3 is 10.3 Å². The summed E-state index contributed by atoms with van der Waals surface area (Å²) in [5, 5.41) is 5.72. The van der Waals surface area contributed by atoms with Gasteiger partial charge in [0, 0.05) is 58.5 Å². The molecule has 150 valence electrons. The van der Waals surface area contributed by atoms with Gasteiger partial charge in [-0.1, -0.05) is 0 Å². The molecule has 0 fully saturated rings. The van der Waals surface area contributed by atoms with E-state index < -0.39 is 0 Å². The topological polar surface area (TPSA) is 101 Å². The first-order chi connectivity index (χ1) is 14.6. The molecule has 0 saturated heterocycles. The lowest BCUT2D eigenvalue weighted by Gasteiger charge is -2.08. The number of amides is 1. The summed E-state index contributed by atoms with van der Waals surface area (Å²) in [6.45, 7) is 1.78. The maximum absolute atomic E-state index is 12.5. The molecule has 0 atom stereocenters. The number of hydrogen-bond acceptors (Lipinski definition) is 6. The van der Waals surface area contributed by atoms with E-state index in [0.29, 0.717) is 29.2 Å². The molecule has 7 nitrogen and oxygen atoms in total. The Morgan fingerprint density at radius 3 is 2.50 bits per heavy atom. The van der Waals surface area contributed by atoms with Gasteiger partial charge in [0.15, 0.2) is 0 Å². The van der Waals surface area contributed by atoms with Crippen LogP contribution in [0, 0.1) is 6.92 Å². The molecule has 3 heterocycles. The molecule has 1 aromatic carbocycles. The molecule has 0 unspecified atom stereocenters. The normalized spacial score (nSPS) is 10.7. The van der Waals surface area contributed by atoms with Crippen molar-refractivity contribution in [1.29, 1.82) is 0 Å². The minimum Gasteiger partial charge on any atom is -0.326 e. The first kappa shape index (κ1) is 19.7. The van der Waals surface area contributed by atoms with E-state index in [9.17, 15) is 9.59 Å². The molecule has 0 aliphatic rings. The number of pyridine rings is 1. The second kappa shape index (κ2) is 8.79. The second-order valence-electron chi connectivity index (χ2n) is 6.68. The van der Waals surface area contributed by atoms with E-state index in [2.05, 4.69) is 25.3 Å². The summed E-state index contributed by atoms with van der Waals surface area (Å²) in [6.07, 6.45) is 5.55. The van der Waals surface area contributed by atoms with Crippen molar-refractivity contribution in [2.75, 3.05) is 5.32 Å². The molecule has 0 spiro atoms. The largest absolute Gasteiger partial charge is 0.326 e. The Morgan fingerprint density at radius 2 is 1.83 bits per heavy atom. The van der Waals surface area contributed by atoms with Crippen molar-refractivity contribution in [3.63, 3.8) is 0 Å². The van der Waals surface area contributed by atoms with Crippen molar-refractivity contribution >= 4 is 22.9 Å². The predicted octanol–water partition coefficient (Wildman–Crippen LogP) is 3.84. The Balaban J connectivity index is 1.39. The number of rotatable bonds is 6. The predicted molar refractivity (Wildman–Crippen MR) is 117 cm³/mol. The van der Waals surface area contributed by atoms with Gasteiger partial charge in [-0.05, 0) is 49.7 Å². The molecular formula is C22H19N5O2S. The molecule has 4 aromatic rings. The number of benzene rings is 1. The molecule has 4 rings (SSSR count). The summed E-state index contributed by atoms with van der Waals surface area (Å²) in [5.41, 5.74) is 3.40. The highest BCUT2D eigenvalue weighted by Gasteiger charge is 2.12. The standard InChI is InChI=1S/C22H19N5O2S/c1-14-18(21(29)27-20(25-14)15-8-10-23-11-9-15)6-7-19(28)26-17-4-2-16(3-5-17)22-24-12-13-30-22/h2-5,8-13H,6-7H2,1H3,(H,26,28)(H,25,27,29). The monoisotopic (exact) mass is 417 g/mol. The van der Waals surface area contributed by atoms with Crippen LogP contribution in [0.3, 0.4) is 0 Å². The van der Waals surface area contributed by atoms with Crippen molar-refractivity contribution in [1.82, 2.24) is 19.9 Å². The van der Waals surface area contributed by atoms with Crippen molar-refractivity contribution in [2.24, 2.45) is 0 Å². The number of carbonyl (C=O) groups is 1. The zero-order valence-electron chi connectivity index (χ0n) is 16.3. The second-order valence-corrected chi connectivity index (χ2v) is 7.57. The summed E-state index contributed by atoms with van der Waals surface area (Å²) in [4.78, 5) is 40.4. The van der Waals surface area contributed by atoms with E-state index >= 15 is 0 Å². The van der Waals surface area contributed by atoms with E-state index in [0.717, 1.165) is 16.1 Å². The van der Waals surface area contributed by atoms with Gasteiger partial charge in [0.05, 0.1) is 0 Å². The van der Waals surface area contributed by atoms with Crippen LogP contribution in [0.2, 0.25) is 0 Å². The first-order valence-electron chi connectivity index (χ1n) is 9.40. The van der Waals surface area contributed by atoms with Crippen LogP contribution in [0.25, 0.3) is 22.0 Å². The van der Waals surface area contributed by atoms with E-state index in [1.807, 2.05) is 29.6 Å². The number of aromatic amines is 1. The fourth-order valence-electron chi connectivity index (χ4n) is 3.08. The quantitative estimate of drug-likeness (QED) is 0.496. The maximum atomic E-state index is 12.5. The van der Waals surface area contributed by atoms with Crippen LogP contribution < -0.4 is 10.9 Å². The van der Waals surface area contributed by atoms with Crippen LogP contribution in [0.15, 0.2) is 65.2 Å². The van der Waals surface area contributed by atoms with E-state index in [1.54, 1.807) is 49.0 Å². The lowest BCUT2D eigenvalue weighted by molar-refractivity contribution is -0.116. The maximum Gasteiger partial charge on any atom is 0.254 e. The third-order valence-corrected chi connectivity index (χ3v) is 5.45. The average Bonchev–Trinajstić information content (AvgIpc) is 3.29. The van der Waals surface area contributed by atoms with Gasteiger partial charge in [-0.25, -0.2) is 9.97 Å². The molecule has 0 aliphatic carbocycles. The number of aromatic nitrogens is 4. The van der Waals surface area contributed by atoms with E-state index in [-0.39, 0.29) is 17.9 Å². The molecule has 2 N–H and O–H groups in total. The zero-order chi connectivity index (χ0) is 20.9. The molecule has 0 aliphatic heterocycles. The Bertz CT molecular complexity index is 1200. The Kier molecular flexibility index (Phi) is 5.76. The number of hydrogen-bond donors (Lipinski definition) is 2. The van der Waals surface area contributed by atoms with Gasteiger partial charge in [-0.15, -0.1) is 11.3 Å². The average molecular weight is 417 g/mol. The molecular weight excluding hydrogens is 398 g/mol. The number of nitrogens with zero attached hydrogens (tertiary/aromatic N) is 3. The third-order valence-electron chi connectivity index (χ3n) is 4.63. The number of carbonyl (C=O) groups excluding carboxylic acids is 1. The van der Waals surface area contributed by atoms with Gasteiger partial charge in [0.1, 0.15) is 10.8 Å². The number of thiazole rings is 1. The van der Waals surface area contributed by atoms with Crippen molar-refractivity contribution in [2.45, 2.75) is 19.8 Å². The molecule has 8 heteroatoms. The summed E-state index contributed by atoms with van der Waals surface area (Å²) >= 11 is 1.56. The zero-order valence-corrected chi connectivity index (χ0v) is 17.1. The highest BCUT2D eigenvalue weighted by atomic mass is 32.1. The van der Waals surface area contributed by atoms with Gasteiger partial charge in [0.2, 0.25) is 5.91 Å². The minimum absolute atomic E-state index is 0.158. The lowest BCUT2D eigenvalue weighted by atomic mass is 10.1. The fraction of sp³-hybridized carbons (Fsp3) is 0.136. The Hall–Kier alpha value is -3.65. The number of H-pyrrole nitrogens is 1. The van der Waals surface area contributed by atoms with Gasteiger partial charge in [-0.2, -0.15) is 0 Å². The van der Waals surface area contributed by atoms with Crippen molar-refractivity contribution in [3.8, 4) is 22.0 Å². The highest BCUT2D eigenvalue weighted by Crippen LogP contribution is 2.23. The molecule has 0 saturated carbocycles. The van der Waals surface area contributed by atoms with Gasteiger partial charge in [0.25, 0.3) is 5.56 Å². The Morgan fingerprint density at radius 1 is 1.07 bits per heavy atom. The summed E-state index contributed by atoms with van der Waals surface area (Å²) in [7, 11) is 0. The minimum atomic E-state index is -0.227. The van der Waals surface area contributed by atoms with E-state index in [1.165, 1.54) is 0 Å². The molecule has 0 radical (unpaired) electrons. The van der Waals surface area contributed by atoms with Crippen molar-refractivity contribution < 1.29 is 4.79 Å². The number of anilines is 1.